The molecule has 1 aliphatic heterocycles. The van der Waals surface area contributed by atoms with Gasteiger partial charge in [-0.2, -0.15) is 0 Å². The van der Waals surface area contributed by atoms with E-state index in [9.17, 15) is 5.11 Å². The van der Waals surface area contributed by atoms with E-state index in [-0.39, 0.29) is 6.10 Å². The fourth-order valence-electron chi connectivity index (χ4n) is 2.46. The van der Waals surface area contributed by atoms with Crippen LogP contribution in [0.2, 0.25) is 0 Å². The molecule has 2 aromatic rings. The van der Waals surface area contributed by atoms with Crippen LogP contribution in [0.3, 0.4) is 0 Å². The van der Waals surface area contributed by atoms with Crippen LogP contribution in [0, 0.1) is 0 Å². The number of pyridine rings is 1. The first-order chi connectivity index (χ1) is 10.2. The number of rotatable bonds is 3. The zero-order chi connectivity index (χ0) is 14.8. The number of nitrogens with zero attached hydrogens (tertiary/aromatic N) is 1. The molecule has 1 aromatic carbocycles. The topological polar surface area (TPSA) is 60.8 Å². The lowest BCUT2D eigenvalue weighted by molar-refractivity contribution is 0.0653. The van der Waals surface area contributed by atoms with Crippen LogP contribution in [-0.4, -0.2) is 24.3 Å². The summed E-state index contributed by atoms with van der Waals surface area (Å²) in [5, 5.41) is 10.3. The molecule has 1 aliphatic rings. The van der Waals surface area contributed by atoms with Crippen LogP contribution in [0.5, 0.6) is 17.4 Å². The molecule has 2 atom stereocenters. The lowest BCUT2D eigenvalue weighted by atomic mass is 9.95. The maximum atomic E-state index is 10.3. The van der Waals surface area contributed by atoms with Crippen LogP contribution in [0.4, 0.5) is 0 Å². The third-order valence-corrected chi connectivity index (χ3v) is 3.63. The number of fused-ring (bicyclic) bond motifs is 1. The van der Waals surface area contributed by atoms with Crippen molar-refractivity contribution >= 4 is 0 Å². The Balaban J connectivity index is 1.89. The molecule has 1 aromatic heterocycles. The number of aliphatic hydroxyl groups is 1. The van der Waals surface area contributed by atoms with Crippen LogP contribution >= 0.6 is 0 Å². The molecule has 21 heavy (non-hydrogen) atoms. The maximum Gasteiger partial charge on any atom is 0.212 e. The SMILES string of the molecule is COc1ccc2c(c1)OC(c1ccc(OC)nc1)CC2O. The van der Waals surface area contributed by atoms with E-state index < -0.39 is 6.10 Å². The number of ether oxygens (including phenoxy) is 3. The van der Waals surface area contributed by atoms with Gasteiger partial charge in [0.1, 0.15) is 17.6 Å². The average molecular weight is 287 g/mol. The van der Waals surface area contributed by atoms with Gasteiger partial charge >= 0.3 is 0 Å². The highest BCUT2D eigenvalue weighted by atomic mass is 16.5. The van der Waals surface area contributed by atoms with Crippen molar-refractivity contribution in [2.75, 3.05) is 14.2 Å². The molecule has 0 saturated heterocycles. The van der Waals surface area contributed by atoms with E-state index in [2.05, 4.69) is 4.98 Å². The van der Waals surface area contributed by atoms with Crippen molar-refractivity contribution in [1.29, 1.82) is 0 Å². The van der Waals surface area contributed by atoms with Gasteiger partial charge in [0.05, 0.1) is 20.3 Å². The molecule has 2 heterocycles. The summed E-state index contributed by atoms with van der Waals surface area (Å²) in [4.78, 5) is 4.18. The first kappa shape index (κ1) is 13.7. The van der Waals surface area contributed by atoms with Crippen LogP contribution in [0.1, 0.15) is 29.8 Å². The molecule has 0 saturated carbocycles. The maximum absolute atomic E-state index is 10.3. The third-order valence-electron chi connectivity index (χ3n) is 3.63. The molecule has 0 spiro atoms. The Kier molecular flexibility index (Phi) is 3.66. The summed E-state index contributed by atoms with van der Waals surface area (Å²) >= 11 is 0. The molecule has 5 heteroatoms. The van der Waals surface area contributed by atoms with E-state index in [0.29, 0.717) is 23.8 Å². The van der Waals surface area contributed by atoms with Crippen molar-refractivity contribution < 1.29 is 19.3 Å². The number of methoxy groups -OCH3 is 2. The summed E-state index contributed by atoms with van der Waals surface area (Å²) in [7, 11) is 3.18. The average Bonchev–Trinajstić information content (AvgIpc) is 2.54. The Labute approximate surface area is 123 Å². The number of benzene rings is 1. The van der Waals surface area contributed by atoms with Crippen molar-refractivity contribution in [1.82, 2.24) is 4.98 Å². The van der Waals surface area contributed by atoms with Gasteiger partial charge in [0.25, 0.3) is 0 Å². The Morgan fingerprint density at radius 2 is 2.05 bits per heavy atom. The van der Waals surface area contributed by atoms with E-state index in [4.69, 9.17) is 14.2 Å². The van der Waals surface area contributed by atoms with E-state index in [0.717, 1.165) is 11.1 Å². The first-order valence-electron chi connectivity index (χ1n) is 6.74. The minimum Gasteiger partial charge on any atom is -0.497 e. The minimum absolute atomic E-state index is 0.238. The number of aliphatic hydroxyl groups excluding tert-OH is 1. The quantitative estimate of drug-likeness (QED) is 0.940. The predicted molar refractivity (Wildman–Crippen MR) is 76.7 cm³/mol. The highest BCUT2D eigenvalue weighted by Gasteiger charge is 2.28. The lowest BCUT2D eigenvalue weighted by Gasteiger charge is -2.30. The molecule has 0 bridgehead atoms. The fourth-order valence-corrected chi connectivity index (χ4v) is 2.46. The molecule has 0 aliphatic carbocycles. The van der Waals surface area contributed by atoms with Gasteiger partial charge in [-0.05, 0) is 18.2 Å². The number of hydrogen-bond acceptors (Lipinski definition) is 5. The summed E-state index contributed by atoms with van der Waals surface area (Å²) in [6, 6.07) is 9.13. The summed E-state index contributed by atoms with van der Waals surface area (Å²) in [6.45, 7) is 0. The van der Waals surface area contributed by atoms with Crippen LogP contribution in [-0.2, 0) is 0 Å². The smallest absolute Gasteiger partial charge is 0.212 e. The summed E-state index contributed by atoms with van der Waals surface area (Å²) in [5.74, 6) is 1.90. The molecular weight excluding hydrogens is 270 g/mol. The molecule has 3 rings (SSSR count). The molecule has 5 nitrogen and oxygen atoms in total. The highest BCUT2D eigenvalue weighted by molar-refractivity contribution is 5.44. The zero-order valence-corrected chi connectivity index (χ0v) is 11.9. The van der Waals surface area contributed by atoms with E-state index in [1.54, 1.807) is 32.5 Å². The summed E-state index contributed by atoms with van der Waals surface area (Å²) in [5.41, 5.74) is 1.69. The second kappa shape index (κ2) is 5.61. The summed E-state index contributed by atoms with van der Waals surface area (Å²) in [6.07, 6.45) is 1.40. The fraction of sp³-hybridized carbons (Fsp3) is 0.312. The number of aromatic nitrogens is 1. The Hall–Kier alpha value is -2.27. The molecule has 0 fully saturated rings. The van der Waals surface area contributed by atoms with E-state index >= 15 is 0 Å². The van der Waals surface area contributed by atoms with Crippen molar-refractivity contribution in [3.63, 3.8) is 0 Å². The van der Waals surface area contributed by atoms with Crippen LogP contribution in [0.15, 0.2) is 36.5 Å². The molecule has 1 N–H and O–H groups in total. The minimum atomic E-state index is -0.563. The van der Waals surface area contributed by atoms with Gasteiger partial charge in [0, 0.05) is 35.9 Å². The van der Waals surface area contributed by atoms with Gasteiger partial charge in [-0.15, -0.1) is 0 Å². The van der Waals surface area contributed by atoms with Crippen molar-refractivity contribution in [2.24, 2.45) is 0 Å². The monoisotopic (exact) mass is 287 g/mol. The third kappa shape index (κ3) is 2.64. The lowest BCUT2D eigenvalue weighted by Crippen LogP contribution is -2.19. The van der Waals surface area contributed by atoms with Gasteiger partial charge < -0.3 is 19.3 Å². The van der Waals surface area contributed by atoms with Crippen molar-refractivity contribution in [3.8, 4) is 17.4 Å². The largest absolute Gasteiger partial charge is 0.497 e. The van der Waals surface area contributed by atoms with Gasteiger partial charge in [0.15, 0.2) is 0 Å². The van der Waals surface area contributed by atoms with Gasteiger partial charge in [-0.25, -0.2) is 4.98 Å². The predicted octanol–water partition coefficient (Wildman–Crippen LogP) is 2.66. The van der Waals surface area contributed by atoms with Gasteiger partial charge in [-0.3, -0.25) is 0 Å². The molecule has 110 valence electrons. The Bertz CT molecular complexity index is 627. The molecule has 0 radical (unpaired) electrons. The van der Waals surface area contributed by atoms with Crippen molar-refractivity contribution in [2.45, 2.75) is 18.6 Å². The molecule has 0 amide bonds. The zero-order valence-electron chi connectivity index (χ0n) is 11.9. The molecular formula is C16H17NO4. The number of hydrogen-bond donors (Lipinski definition) is 1. The highest BCUT2D eigenvalue weighted by Crippen LogP contribution is 2.42. The second-order valence-electron chi connectivity index (χ2n) is 4.90. The molecule has 2 unspecified atom stereocenters. The van der Waals surface area contributed by atoms with Gasteiger partial charge in [-0.1, -0.05) is 0 Å². The first-order valence-corrected chi connectivity index (χ1v) is 6.74. The van der Waals surface area contributed by atoms with Crippen molar-refractivity contribution in [3.05, 3.63) is 47.7 Å². The van der Waals surface area contributed by atoms with E-state index in [1.165, 1.54) is 0 Å². The Morgan fingerprint density at radius 3 is 2.71 bits per heavy atom. The van der Waals surface area contributed by atoms with Crippen LogP contribution in [0.25, 0.3) is 0 Å². The van der Waals surface area contributed by atoms with E-state index in [1.807, 2.05) is 18.2 Å². The summed E-state index contributed by atoms with van der Waals surface area (Å²) < 4.78 is 16.2. The second-order valence-corrected chi connectivity index (χ2v) is 4.90. The standard InChI is InChI=1S/C16H17NO4/c1-19-11-4-5-12-13(18)8-14(21-15(12)7-11)10-3-6-16(20-2)17-9-10/h3-7,9,13-14,18H,8H2,1-2H3. The Morgan fingerprint density at radius 1 is 1.19 bits per heavy atom. The van der Waals surface area contributed by atoms with Gasteiger partial charge in [0.2, 0.25) is 5.88 Å². The normalized spacial score (nSPS) is 20.3. The van der Waals surface area contributed by atoms with Crippen LogP contribution < -0.4 is 14.2 Å².